The zero-order valence-corrected chi connectivity index (χ0v) is 11.8. The molecule has 1 aromatic rings. The number of nitrogens with zero attached hydrogens (tertiary/aromatic N) is 2. The van der Waals surface area contributed by atoms with Crippen molar-refractivity contribution in [2.75, 3.05) is 25.0 Å². The Kier molecular flexibility index (Phi) is 5.67. The molecule has 1 rings (SSSR count). The fraction of sp³-hybridized carbons (Fsp3) is 0.533. The topological polar surface area (TPSA) is 39.1 Å². The molecule has 3 heteroatoms. The van der Waals surface area contributed by atoms with Crippen LogP contribution >= 0.6 is 0 Å². The maximum atomic E-state index is 9.25. The van der Waals surface area contributed by atoms with Crippen LogP contribution in [0, 0.1) is 17.2 Å². The molecule has 3 nitrogen and oxygen atoms in total. The Balaban J connectivity index is 2.90. The highest BCUT2D eigenvalue weighted by atomic mass is 15.1. The smallest absolute Gasteiger partial charge is 0.101 e. The van der Waals surface area contributed by atoms with Gasteiger partial charge in [-0.2, -0.15) is 5.26 Å². The summed E-state index contributed by atoms with van der Waals surface area (Å²) in [6.07, 6.45) is 0. The SMILES string of the molecule is CCNCc1ccc(N(C)CC(C)C)c(C#N)c1. The summed E-state index contributed by atoms with van der Waals surface area (Å²) in [5.74, 6) is 0.586. The third-order valence-corrected chi connectivity index (χ3v) is 2.81. The molecule has 0 saturated carbocycles. The van der Waals surface area contributed by atoms with Gasteiger partial charge < -0.3 is 10.2 Å². The van der Waals surface area contributed by atoms with E-state index in [0.717, 1.165) is 36.4 Å². The molecule has 0 heterocycles. The second-order valence-corrected chi connectivity index (χ2v) is 5.02. The highest BCUT2D eigenvalue weighted by molar-refractivity contribution is 5.60. The number of hydrogen-bond acceptors (Lipinski definition) is 3. The second kappa shape index (κ2) is 7.03. The van der Waals surface area contributed by atoms with Gasteiger partial charge >= 0.3 is 0 Å². The van der Waals surface area contributed by atoms with Crippen molar-refractivity contribution in [2.45, 2.75) is 27.3 Å². The van der Waals surface area contributed by atoms with Gasteiger partial charge in [0.05, 0.1) is 11.3 Å². The Labute approximate surface area is 110 Å². The second-order valence-electron chi connectivity index (χ2n) is 5.02. The van der Waals surface area contributed by atoms with Crippen LogP contribution in [0.3, 0.4) is 0 Å². The summed E-state index contributed by atoms with van der Waals surface area (Å²) in [5.41, 5.74) is 2.94. The lowest BCUT2D eigenvalue weighted by Crippen LogP contribution is -2.23. The number of hydrogen-bond donors (Lipinski definition) is 1. The quantitative estimate of drug-likeness (QED) is 0.837. The van der Waals surface area contributed by atoms with Gasteiger partial charge in [-0.3, -0.25) is 0 Å². The Hall–Kier alpha value is -1.53. The predicted octanol–water partition coefficient (Wildman–Crippen LogP) is 2.76. The van der Waals surface area contributed by atoms with E-state index in [0.29, 0.717) is 5.92 Å². The van der Waals surface area contributed by atoms with Crippen LogP contribution in [0.25, 0.3) is 0 Å². The van der Waals surface area contributed by atoms with Crippen LogP contribution in [0.5, 0.6) is 0 Å². The minimum atomic E-state index is 0.586. The fourth-order valence-corrected chi connectivity index (χ4v) is 2.03. The molecule has 0 aliphatic rings. The molecule has 98 valence electrons. The summed E-state index contributed by atoms with van der Waals surface area (Å²) in [5, 5.41) is 12.5. The summed E-state index contributed by atoms with van der Waals surface area (Å²) in [6, 6.07) is 8.42. The summed E-state index contributed by atoms with van der Waals surface area (Å²) in [4.78, 5) is 2.15. The van der Waals surface area contributed by atoms with Crippen LogP contribution in [0.2, 0.25) is 0 Å². The fourth-order valence-electron chi connectivity index (χ4n) is 2.03. The van der Waals surface area contributed by atoms with E-state index in [1.54, 1.807) is 0 Å². The highest BCUT2D eigenvalue weighted by Gasteiger charge is 2.09. The summed E-state index contributed by atoms with van der Waals surface area (Å²) < 4.78 is 0. The van der Waals surface area contributed by atoms with Crippen molar-refractivity contribution < 1.29 is 0 Å². The van der Waals surface area contributed by atoms with Crippen LogP contribution < -0.4 is 10.2 Å². The lowest BCUT2D eigenvalue weighted by molar-refractivity contribution is 0.638. The monoisotopic (exact) mass is 245 g/mol. The average Bonchev–Trinajstić information content (AvgIpc) is 2.35. The van der Waals surface area contributed by atoms with Crippen molar-refractivity contribution >= 4 is 5.69 Å². The largest absolute Gasteiger partial charge is 0.373 e. The Bertz CT molecular complexity index is 418. The molecule has 0 saturated heterocycles. The molecular formula is C15H23N3. The van der Waals surface area contributed by atoms with E-state index < -0.39 is 0 Å². The average molecular weight is 245 g/mol. The van der Waals surface area contributed by atoms with E-state index in [1.165, 1.54) is 0 Å². The van der Waals surface area contributed by atoms with Crippen molar-refractivity contribution in [1.82, 2.24) is 5.32 Å². The number of nitriles is 1. The Morgan fingerprint density at radius 3 is 2.67 bits per heavy atom. The van der Waals surface area contributed by atoms with E-state index >= 15 is 0 Å². The first-order valence-electron chi connectivity index (χ1n) is 6.53. The maximum Gasteiger partial charge on any atom is 0.101 e. The van der Waals surface area contributed by atoms with Crippen LogP contribution in [0.1, 0.15) is 31.9 Å². The minimum Gasteiger partial charge on any atom is -0.373 e. The first kappa shape index (κ1) is 14.5. The minimum absolute atomic E-state index is 0.586. The molecular weight excluding hydrogens is 222 g/mol. The molecule has 0 aliphatic carbocycles. The molecule has 1 aromatic carbocycles. The molecule has 0 radical (unpaired) electrons. The molecule has 0 bridgehead atoms. The zero-order chi connectivity index (χ0) is 13.5. The third kappa shape index (κ3) is 4.05. The lowest BCUT2D eigenvalue weighted by atomic mass is 10.1. The van der Waals surface area contributed by atoms with Crippen molar-refractivity contribution in [1.29, 1.82) is 5.26 Å². The van der Waals surface area contributed by atoms with Crippen molar-refractivity contribution in [3.8, 4) is 6.07 Å². The van der Waals surface area contributed by atoms with Crippen molar-refractivity contribution in [2.24, 2.45) is 5.92 Å². The van der Waals surface area contributed by atoms with E-state index in [2.05, 4.69) is 43.1 Å². The van der Waals surface area contributed by atoms with Gasteiger partial charge in [0.1, 0.15) is 6.07 Å². The molecule has 0 aromatic heterocycles. The van der Waals surface area contributed by atoms with Crippen LogP contribution in [-0.4, -0.2) is 20.1 Å². The van der Waals surface area contributed by atoms with Gasteiger partial charge in [-0.25, -0.2) is 0 Å². The normalized spacial score (nSPS) is 10.4. The van der Waals surface area contributed by atoms with Gasteiger partial charge in [0.25, 0.3) is 0 Å². The van der Waals surface area contributed by atoms with Crippen molar-refractivity contribution in [3.05, 3.63) is 29.3 Å². The zero-order valence-electron chi connectivity index (χ0n) is 11.8. The first-order chi connectivity index (χ1) is 8.58. The standard InChI is InChI=1S/C15H23N3/c1-5-17-10-13-6-7-15(14(8-13)9-16)18(4)11-12(2)3/h6-8,12,17H,5,10-11H2,1-4H3. The third-order valence-electron chi connectivity index (χ3n) is 2.81. The van der Waals surface area contributed by atoms with E-state index in [9.17, 15) is 5.26 Å². The molecule has 0 atom stereocenters. The molecule has 18 heavy (non-hydrogen) atoms. The predicted molar refractivity (Wildman–Crippen MR) is 76.6 cm³/mol. The number of anilines is 1. The Morgan fingerprint density at radius 1 is 1.39 bits per heavy atom. The van der Waals surface area contributed by atoms with Gasteiger partial charge in [-0.15, -0.1) is 0 Å². The molecule has 0 spiro atoms. The number of nitrogens with one attached hydrogen (secondary N) is 1. The molecule has 0 aliphatic heterocycles. The molecule has 0 amide bonds. The molecule has 0 fully saturated rings. The van der Waals surface area contributed by atoms with Crippen molar-refractivity contribution in [3.63, 3.8) is 0 Å². The first-order valence-corrected chi connectivity index (χ1v) is 6.53. The molecule has 0 unspecified atom stereocenters. The van der Waals surface area contributed by atoms with Crippen LogP contribution in [-0.2, 0) is 6.54 Å². The maximum absolute atomic E-state index is 9.25. The van der Waals surface area contributed by atoms with E-state index in [1.807, 2.05) is 19.2 Å². The van der Waals surface area contributed by atoms with E-state index in [4.69, 9.17) is 0 Å². The summed E-state index contributed by atoms with van der Waals surface area (Å²) >= 11 is 0. The summed E-state index contributed by atoms with van der Waals surface area (Å²) in [6.45, 7) is 9.16. The Morgan fingerprint density at radius 2 is 2.11 bits per heavy atom. The highest BCUT2D eigenvalue weighted by Crippen LogP contribution is 2.21. The summed E-state index contributed by atoms with van der Waals surface area (Å²) in [7, 11) is 2.04. The van der Waals surface area contributed by atoms with Gasteiger partial charge in [-0.1, -0.05) is 26.8 Å². The van der Waals surface area contributed by atoms with Crippen LogP contribution in [0.15, 0.2) is 18.2 Å². The van der Waals surface area contributed by atoms with Crippen LogP contribution in [0.4, 0.5) is 5.69 Å². The van der Waals surface area contributed by atoms with Gasteiger partial charge in [-0.05, 0) is 30.2 Å². The van der Waals surface area contributed by atoms with E-state index in [-0.39, 0.29) is 0 Å². The number of benzene rings is 1. The van der Waals surface area contributed by atoms with Gasteiger partial charge in [0.15, 0.2) is 0 Å². The van der Waals surface area contributed by atoms with Gasteiger partial charge in [0.2, 0.25) is 0 Å². The lowest BCUT2D eigenvalue weighted by Gasteiger charge is -2.23. The molecule has 1 N–H and O–H groups in total. The number of rotatable bonds is 6. The van der Waals surface area contributed by atoms with Gasteiger partial charge in [0, 0.05) is 20.1 Å².